The van der Waals surface area contributed by atoms with E-state index in [1.54, 1.807) is 0 Å². The van der Waals surface area contributed by atoms with Gasteiger partial charge in [-0.1, -0.05) is 19.8 Å². The lowest BCUT2D eigenvalue weighted by atomic mass is 9.75. The molecule has 0 spiro atoms. The van der Waals surface area contributed by atoms with E-state index in [9.17, 15) is 5.11 Å². The summed E-state index contributed by atoms with van der Waals surface area (Å²) in [5, 5.41) is 10.4. The first kappa shape index (κ1) is 14.9. The van der Waals surface area contributed by atoms with Gasteiger partial charge in [-0.2, -0.15) is 0 Å². The molecule has 0 radical (unpaired) electrons. The van der Waals surface area contributed by atoms with E-state index in [0.717, 1.165) is 19.3 Å². The monoisotopic (exact) mass is 244 g/mol. The van der Waals surface area contributed by atoms with Crippen molar-refractivity contribution < 1.29 is 14.6 Å². The van der Waals surface area contributed by atoms with Crippen LogP contribution in [0.5, 0.6) is 0 Å². The zero-order valence-corrected chi connectivity index (χ0v) is 11.7. The molecule has 0 aliphatic heterocycles. The molecule has 0 aromatic rings. The molecule has 0 amide bonds. The number of hydrogen-bond donors (Lipinski definition) is 1. The first-order chi connectivity index (χ1) is 8.00. The highest BCUT2D eigenvalue weighted by Gasteiger charge is 2.42. The Hall–Kier alpha value is -0.120. The van der Waals surface area contributed by atoms with Crippen LogP contribution in [0.1, 0.15) is 53.4 Å². The molecule has 1 aliphatic rings. The second-order valence-corrected chi connectivity index (χ2v) is 5.60. The molecule has 102 valence electrons. The van der Waals surface area contributed by atoms with E-state index in [-0.39, 0.29) is 11.7 Å². The molecule has 3 atom stereocenters. The molecule has 0 aromatic heterocycles. The van der Waals surface area contributed by atoms with Gasteiger partial charge in [0, 0.05) is 6.61 Å². The molecule has 1 saturated carbocycles. The third-order valence-corrected chi connectivity index (χ3v) is 3.62. The molecule has 1 N–H and O–H groups in total. The average Bonchev–Trinajstić information content (AvgIpc) is 2.26. The highest BCUT2D eigenvalue weighted by molar-refractivity contribution is 4.93. The lowest BCUT2D eigenvalue weighted by Crippen LogP contribution is -2.50. The summed E-state index contributed by atoms with van der Waals surface area (Å²) in [5.74, 6) is 0.629. The molecule has 1 aliphatic carbocycles. The maximum absolute atomic E-state index is 10.4. The van der Waals surface area contributed by atoms with E-state index < -0.39 is 6.10 Å². The molecule has 3 nitrogen and oxygen atoms in total. The van der Waals surface area contributed by atoms with Crippen LogP contribution in [0, 0.1) is 5.92 Å². The maximum atomic E-state index is 10.4. The van der Waals surface area contributed by atoms with E-state index >= 15 is 0 Å². The second-order valence-electron chi connectivity index (χ2n) is 5.60. The number of rotatable bonds is 6. The Morgan fingerprint density at radius 1 is 1.41 bits per heavy atom. The molecule has 1 fully saturated rings. The van der Waals surface area contributed by atoms with Gasteiger partial charge in [0.25, 0.3) is 0 Å². The first-order valence-electron chi connectivity index (χ1n) is 6.94. The Morgan fingerprint density at radius 2 is 2.12 bits per heavy atom. The van der Waals surface area contributed by atoms with Crippen LogP contribution in [0.4, 0.5) is 0 Å². The Labute approximate surface area is 105 Å². The summed E-state index contributed by atoms with van der Waals surface area (Å²) in [4.78, 5) is 0. The third-order valence-electron chi connectivity index (χ3n) is 3.62. The number of hydrogen-bond acceptors (Lipinski definition) is 3. The Balaban J connectivity index is 2.61. The van der Waals surface area contributed by atoms with Gasteiger partial charge in [0.2, 0.25) is 0 Å². The van der Waals surface area contributed by atoms with Crippen LogP contribution in [0.15, 0.2) is 0 Å². The van der Waals surface area contributed by atoms with Gasteiger partial charge in [0.15, 0.2) is 0 Å². The quantitative estimate of drug-likeness (QED) is 0.781. The minimum atomic E-state index is -0.507. The van der Waals surface area contributed by atoms with Gasteiger partial charge in [-0.25, -0.2) is 0 Å². The highest BCUT2D eigenvalue weighted by atomic mass is 16.5. The smallest absolute Gasteiger partial charge is 0.106 e. The number of aliphatic hydroxyl groups is 1. The van der Waals surface area contributed by atoms with Crippen LogP contribution in [0.3, 0.4) is 0 Å². The van der Waals surface area contributed by atoms with Crippen LogP contribution in [-0.4, -0.2) is 36.1 Å². The minimum Gasteiger partial charge on any atom is -0.388 e. The molecule has 1 rings (SSSR count). The van der Waals surface area contributed by atoms with E-state index in [0.29, 0.717) is 19.1 Å². The predicted molar refractivity (Wildman–Crippen MR) is 69.1 cm³/mol. The van der Waals surface area contributed by atoms with E-state index in [1.165, 1.54) is 6.42 Å². The zero-order valence-electron chi connectivity index (χ0n) is 11.7. The Morgan fingerprint density at radius 3 is 2.65 bits per heavy atom. The normalized spacial score (nSPS) is 31.8. The molecular weight excluding hydrogens is 216 g/mol. The van der Waals surface area contributed by atoms with E-state index in [4.69, 9.17) is 9.47 Å². The van der Waals surface area contributed by atoms with Crippen molar-refractivity contribution in [1.82, 2.24) is 0 Å². The fourth-order valence-corrected chi connectivity index (χ4v) is 2.80. The fraction of sp³-hybridized carbons (Fsp3) is 1.00. The Bertz CT molecular complexity index is 214. The lowest BCUT2D eigenvalue weighted by Gasteiger charge is -2.43. The second kappa shape index (κ2) is 6.72. The van der Waals surface area contributed by atoms with Crippen molar-refractivity contribution in [3.8, 4) is 0 Å². The van der Waals surface area contributed by atoms with Gasteiger partial charge in [0.1, 0.15) is 6.10 Å². The van der Waals surface area contributed by atoms with Crippen molar-refractivity contribution in [1.29, 1.82) is 0 Å². The van der Waals surface area contributed by atoms with Crippen molar-refractivity contribution in [3.05, 3.63) is 0 Å². The van der Waals surface area contributed by atoms with E-state index in [2.05, 4.69) is 6.92 Å². The first-order valence-corrected chi connectivity index (χ1v) is 6.94. The topological polar surface area (TPSA) is 38.7 Å². The van der Waals surface area contributed by atoms with Crippen LogP contribution >= 0.6 is 0 Å². The summed E-state index contributed by atoms with van der Waals surface area (Å²) in [6, 6.07) is 0. The van der Waals surface area contributed by atoms with Crippen LogP contribution < -0.4 is 0 Å². The van der Waals surface area contributed by atoms with Crippen LogP contribution in [-0.2, 0) is 9.47 Å². The van der Waals surface area contributed by atoms with Gasteiger partial charge in [-0.15, -0.1) is 0 Å². The van der Waals surface area contributed by atoms with E-state index in [1.807, 2.05) is 20.8 Å². The predicted octanol–water partition coefficient (Wildman–Crippen LogP) is 2.76. The maximum Gasteiger partial charge on any atom is 0.106 e. The van der Waals surface area contributed by atoms with Crippen molar-refractivity contribution in [2.45, 2.75) is 71.2 Å². The minimum absolute atomic E-state index is 0.157. The van der Waals surface area contributed by atoms with Gasteiger partial charge in [-0.05, 0) is 39.5 Å². The van der Waals surface area contributed by atoms with Crippen LogP contribution in [0.2, 0.25) is 0 Å². The van der Waals surface area contributed by atoms with Crippen molar-refractivity contribution in [3.63, 3.8) is 0 Å². The number of aliphatic hydroxyl groups excluding tert-OH is 1. The molecule has 0 heterocycles. The van der Waals surface area contributed by atoms with Crippen LogP contribution in [0.25, 0.3) is 0 Å². The summed E-state index contributed by atoms with van der Waals surface area (Å²) in [7, 11) is 0. The highest BCUT2D eigenvalue weighted by Crippen LogP contribution is 2.37. The standard InChI is InChI=1S/C14H28O3/c1-5-17-14(8-6-7-12(4)9-14)13(15)10-16-11(2)3/h11-13,15H,5-10H2,1-4H3. The zero-order chi connectivity index (χ0) is 12.9. The van der Waals surface area contributed by atoms with Crippen molar-refractivity contribution >= 4 is 0 Å². The number of ether oxygens (including phenoxy) is 2. The summed E-state index contributed by atoms with van der Waals surface area (Å²) >= 11 is 0. The van der Waals surface area contributed by atoms with Gasteiger partial charge >= 0.3 is 0 Å². The SMILES string of the molecule is CCOC1(C(O)COC(C)C)CCCC(C)C1. The summed E-state index contributed by atoms with van der Waals surface area (Å²) in [6.45, 7) is 9.25. The molecule has 0 saturated heterocycles. The summed E-state index contributed by atoms with van der Waals surface area (Å²) < 4.78 is 11.4. The van der Waals surface area contributed by atoms with Crippen molar-refractivity contribution in [2.75, 3.05) is 13.2 Å². The summed E-state index contributed by atoms with van der Waals surface area (Å²) in [5.41, 5.74) is -0.374. The average molecular weight is 244 g/mol. The third kappa shape index (κ3) is 4.23. The molecular formula is C14H28O3. The lowest BCUT2D eigenvalue weighted by molar-refractivity contribution is -0.168. The summed E-state index contributed by atoms with van der Waals surface area (Å²) in [6.07, 6.45) is 3.93. The fourth-order valence-electron chi connectivity index (χ4n) is 2.80. The van der Waals surface area contributed by atoms with Gasteiger partial charge < -0.3 is 14.6 Å². The molecule has 0 aromatic carbocycles. The Kier molecular flexibility index (Phi) is 5.90. The molecule has 0 bridgehead atoms. The molecule has 3 heteroatoms. The largest absolute Gasteiger partial charge is 0.388 e. The van der Waals surface area contributed by atoms with Gasteiger partial charge in [0.05, 0.1) is 18.3 Å². The molecule has 3 unspecified atom stereocenters. The van der Waals surface area contributed by atoms with Crippen molar-refractivity contribution in [2.24, 2.45) is 5.92 Å². The van der Waals surface area contributed by atoms with Gasteiger partial charge in [-0.3, -0.25) is 0 Å². The molecule has 17 heavy (non-hydrogen) atoms.